The molecule has 1 aromatic carbocycles. The number of esters is 1. The molecule has 0 saturated carbocycles. The van der Waals surface area contributed by atoms with Gasteiger partial charge in [0.2, 0.25) is 11.3 Å². The van der Waals surface area contributed by atoms with Gasteiger partial charge in [-0.05, 0) is 38.0 Å². The number of anilines is 1. The van der Waals surface area contributed by atoms with Gasteiger partial charge in [-0.25, -0.2) is 14.2 Å². The van der Waals surface area contributed by atoms with Gasteiger partial charge in [-0.3, -0.25) is 14.6 Å². The van der Waals surface area contributed by atoms with Crippen molar-refractivity contribution in [3.63, 3.8) is 0 Å². The van der Waals surface area contributed by atoms with Crippen LogP contribution >= 0.6 is 0 Å². The third-order valence-corrected chi connectivity index (χ3v) is 6.21. The fourth-order valence-electron chi connectivity index (χ4n) is 4.54. The standard InChI is InChI=1S/C26H24FN5O5.2C2H6/c1-2-36-26(35)18-14-32(22-12-28-13-23(33)30-22)20-11-21(19(27)10-17(20)25(18)34)31-9-5-6-16(31)15-37-24-7-3-4-8-29-24;2*1-2/h3-4,7-8,10-14,16H,2,5-6,9,15H2,1H3,(H,30,33);2*1-2H3. The Hall–Kier alpha value is -4.54. The highest BCUT2D eigenvalue weighted by Gasteiger charge is 2.29. The first-order chi connectivity index (χ1) is 20.0. The van der Waals surface area contributed by atoms with Crippen molar-refractivity contribution in [1.29, 1.82) is 0 Å². The molecule has 1 saturated heterocycles. The Bertz CT molecular complexity index is 1570. The van der Waals surface area contributed by atoms with Crippen molar-refractivity contribution in [3.05, 3.63) is 87.1 Å². The maximum Gasteiger partial charge on any atom is 0.343 e. The van der Waals surface area contributed by atoms with Crippen LogP contribution in [0.3, 0.4) is 0 Å². The van der Waals surface area contributed by atoms with Crippen LogP contribution in [0.25, 0.3) is 16.7 Å². The second kappa shape index (κ2) is 14.7. The molecule has 1 N–H and O–H groups in total. The molecule has 1 aliphatic heterocycles. The molecule has 3 aromatic heterocycles. The molecule has 41 heavy (non-hydrogen) atoms. The smallest absolute Gasteiger partial charge is 0.343 e. The predicted molar refractivity (Wildman–Crippen MR) is 157 cm³/mol. The summed E-state index contributed by atoms with van der Waals surface area (Å²) < 4.78 is 27.8. The van der Waals surface area contributed by atoms with E-state index in [1.165, 1.54) is 17.0 Å². The number of aromatic amines is 1. The highest BCUT2D eigenvalue weighted by atomic mass is 19.1. The molecule has 4 aromatic rings. The summed E-state index contributed by atoms with van der Waals surface area (Å²) >= 11 is 0. The number of aromatic nitrogens is 4. The van der Waals surface area contributed by atoms with Crippen LogP contribution < -0.4 is 20.6 Å². The van der Waals surface area contributed by atoms with Crippen LogP contribution in [0.15, 0.2) is 64.7 Å². The average Bonchev–Trinajstić information content (AvgIpc) is 3.47. The lowest BCUT2D eigenvalue weighted by Gasteiger charge is -2.27. The number of hydrogen-bond acceptors (Lipinski definition) is 8. The van der Waals surface area contributed by atoms with Gasteiger partial charge < -0.3 is 23.9 Å². The monoisotopic (exact) mass is 565 g/mol. The molecule has 0 amide bonds. The van der Waals surface area contributed by atoms with E-state index in [1.54, 1.807) is 31.3 Å². The van der Waals surface area contributed by atoms with E-state index in [0.717, 1.165) is 25.1 Å². The van der Waals surface area contributed by atoms with Crippen molar-refractivity contribution in [2.75, 3.05) is 24.7 Å². The zero-order valence-electron chi connectivity index (χ0n) is 24.0. The minimum absolute atomic E-state index is 0.0306. The average molecular weight is 566 g/mol. The van der Waals surface area contributed by atoms with Gasteiger partial charge >= 0.3 is 5.97 Å². The first-order valence-corrected chi connectivity index (χ1v) is 13.9. The van der Waals surface area contributed by atoms with Crippen LogP contribution in [-0.4, -0.2) is 51.3 Å². The topological polar surface area (TPSA) is 119 Å². The molecule has 5 rings (SSSR count). The van der Waals surface area contributed by atoms with Gasteiger partial charge in [0.25, 0.3) is 5.56 Å². The van der Waals surface area contributed by atoms with Gasteiger partial charge in [0.1, 0.15) is 23.8 Å². The van der Waals surface area contributed by atoms with E-state index in [2.05, 4.69) is 15.0 Å². The van der Waals surface area contributed by atoms with Crippen molar-refractivity contribution in [1.82, 2.24) is 19.5 Å². The zero-order valence-corrected chi connectivity index (χ0v) is 24.0. The first-order valence-electron chi connectivity index (χ1n) is 13.9. The van der Waals surface area contributed by atoms with Crippen LogP contribution in [0.4, 0.5) is 10.1 Å². The van der Waals surface area contributed by atoms with E-state index >= 15 is 4.39 Å². The quantitative estimate of drug-likeness (QED) is 0.315. The van der Waals surface area contributed by atoms with Crippen molar-refractivity contribution in [2.24, 2.45) is 0 Å². The minimum Gasteiger partial charge on any atom is -0.475 e. The number of rotatable bonds is 7. The number of hydrogen-bond donors (Lipinski definition) is 1. The Kier molecular flexibility index (Phi) is 11.1. The molecule has 0 radical (unpaired) electrons. The molecule has 1 unspecified atom stereocenters. The summed E-state index contributed by atoms with van der Waals surface area (Å²) in [4.78, 5) is 50.3. The van der Waals surface area contributed by atoms with Crippen molar-refractivity contribution in [3.8, 4) is 11.7 Å². The largest absolute Gasteiger partial charge is 0.475 e. The van der Waals surface area contributed by atoms with Crippen molar-refractivity contribution in [2.45, 2.75) is 53.5 Å². The highest BCUT2D eigenvalue weighted by Crippen LogP contribution is 2.32. The summed E-state index contributed by atoms with van der Waals surface area (Å²) in [5.41, 5.74) is -0.847. The third-order valence-electron chi connectivity index (χ3n) is 6.21. The molecular formula is C30H36FN5O5. The van der Waals surface area contributed by atoms with Gasteiger partial charge in [0, 0.05) is 25.0 Å². The number of carbonyl (C=O) groups is 1. The van der Waals surface area contributed by atoms with Gasteiger partial charge in [0.05, 0.1) is 41.6 Å². The lowest BCUT2D eigenvalue weighted by molar-refractivity contribution is 0.0524. The van der Waals surface area contributed by atoms with Crippen molar-refractivity contribution < 1.29 is 18.7 Å². The molecule has 0 aliphatic carbocycles. The normalized spacial score (nSPS) is 14.0. The Balaban J connectivity index is 0.00000111. The Morgan fingerprint density at radius 1 is 1.15 bits per heavy atom. The van der Waals surface area contributed by atoms with E-state index in [1.807, 2.05) is 38.7 Å². The van der Waals surface area contributed by atoms with Gasteiger partial charge in [-0.1, -0.05) is 33.8 Å². The molecule has 1 fully saturated rings. The van der Waals surface area contributed by atoms with Gasteiger partial charge in [-0.15, -0.1) is 0 Å². The molecule has 10 nitrogen and oxygen atoms in total. The number of H-pyrrole nitrogens is 1. The maximum absolute atomic E-state index is 15.5. The summed E-state index contributed by atoms with van der Waals surface area (Å²) in [5, 5.41) is -0.0306. The minimum atomic E-state index is -0.842. The number of nitrogens with zero attached hydrogens (tertiary/aromatic N) is 4. The third kappa shape index (κ3) is 6.97. The van der Waals surface area contributed by atoms with E-state index in [0.29, 0.717) is 24.5 Å². The fraction of sp³-hybridized carbons (Fsp3) is 0.367. The molecule has 0 bridgehead atoms. The Morgan fingerprint density at radius 2 is 1.93 bits per heavy atom. The van der Waals surface area contributed by atoms with E-state index < -0.39 is 22.8 Å². The number of nitrogens with one attached hydrogen (secondary N) is 1. The maximum atomic E-state index is 15.5. The Labute approximate surface area is 237 Å². The predicted octanol–water partition coefficient (Wildman–Crippen LogP) is 4.89. The first kappa shape index (κ1) is 31.0. The second-order valence-corrected chi connectivity index (χ2v) is 8.53. The summed E-state index contributed by atoms with van der Waals surface area (Å²) in [7, 11) is 0. The summed E-state index contributed by atoms with van der Waals surface area (Å²) in [5.74, 6) is -0.766. The molecule has 11 heteroatoms. The number of fused-ring (bicyclic) bond motifs is 1. The Morgan fingerprint density at radius 3 is 2.61 bits per heavy atom. The van der Waals surface area contributed by atoms with E-state index in [9.17, 15) is 14.4 Å². The number of halogens is 1. The van der Waals surface area contributed by atoms with Gasteiger partial charge in [0.15, 0.2) is 0 Å². The molecule has 1 aliphatic rings. The molecule has 1 atom stereocenters. The fourth-order valence-corrected chi connectivity index (χ4v) is 4.54. The zero-order chi connectivity index (χ0) is 29.9. The van der Waals surface area contributed by atoms with Crippen LogP contribution in [0.5, 0.6) is 5.88 Å². The SMILES string of the molecule is CC.CC.CCOC(=O)c1cn(-c2cncc(=O)[nH]2)c2cc(N3CCCC3COc3ccccn3)c(F)cc2c1=O. The summed E-state index contributed by atoms with van der Waals surface area (Å²) in [6.07, 6.45) is 7.01. The van der Waals surface area contributed by atoms with E-state index in [-0.39, 0.29) is 35.1 Å². The number of benzene rings is 1. The lowest BCUT2D eigenvalue weighted by atomic mass is 10.1. The number of carbonyl (C=O) groups excluding carboxylic acids is 1. The van der Waals surface area contributed by atoms with Crippen LogP contribution in [0.1, 0.15) is 57.8 Å². The van der Waals surface area contributed by atoms with Crippen LogP contribution in [0.2, 0.25) is 0 Å². The highest BCUT2D eigenvalue weighted by molar-refractivity contribution is 5.95. The van der Waals surface area contributed by atoms with Crippen LogP contribution in [-0.2, 0) is 4.74 Å². The summed E-state index contributed by atoms with van der Waals surface area (Å²) in [6, 6.07) is 7.92. The molecule has 4 heterocycles. The van der Waals surface area contributed by atoms with Gasteiger partial charge in [-0.2, -0.15) is 0 Å². The van der Waals surface area contributed by atoms with E-state index in [4.69, 9.17) is 9.47 Å². The summed E-state index contributed by atoms with van der Waals surface area (Å²) in [6.45, 7) is 10.6. The molecule has 0 spiro atoms. The van der Waals surface area contributed by atoms with Crippen molar-refractivity contribution >= 4 is 22.6 Å². The molecule has 218 valence electrons. The van der Waals surface area contributed by atoms with Crippen LogP contribution in [0, 0.1) is 5.82 Å². The second-order valence-electron chi connectivity index (χ2n) is 8.53. The molecular weight excluding hydrogens is 529 g/mol. The number of pyridine rings is 2. The lowest BCUT2D eigenvalue weighted by Crippen LogP contribution is -2.35. The number of ether oxygens (including phenoxy) is 2.